The molecule has 0 saturated carbocycles. The van der Waals surface area contributed by atoms with Crippen LogP contribution >= 0.6 is 0 Å². The van der Waals surface area contributed by atoms with Crippen LogP contribution in [0.5, 0.6) is 5.75 Å². The first-order chi connectivity index (χ1) is 13.6. The van der Waals surface area contributed by atoms with E-state index in [1.54, 1.807) is 7.11 Å². The van der Waals surface area contributed by atoms with Crippen LogP contribution in [0.15, 0.2) is 66.7 Å². The van der Waals surface area contributed by atoms with Gasteiger partial charge in [0.2, 0.25) is 11.2 Å². The molecule has 0 aliphatic rings. The van der Waals surface area contributed by atoms with Gasteiger partial charge in [-0.05, 0) is 61.9 Å². The Morgan fingerprint density at radius 3 is 2.43 bits per heavy atom. The van der Waals surface area contributed by atoms with Crippen LogP contribution in [-0.4, -0.2) is 11.7 Å². The first-order valence-electron chi connectivity index (χ1n) is 9.48. The number of aryl methyl sites for hydroxylation is 2. The molecule has 0 aliphatic carbocycles. The van der Waals surface area contributed by atoms with Crippen LogP contribution < -0.4 is 9.30 Å². The van der Waals surface area contributed by atoms with Crippen LogP contribution in [0.25, 0.3) is 28.7 Å². The molecule has 0 amide bonds. The molecule has 2 aromatic heterocycles. The molecule has 4 aromatic rings. The van der Waals surface area contributed by atoms with E-state index < -0.39 is 0 Å². The van der Waals surface area contributed by atoms with Gasteiger partial charge in [0.15, 0.2) is 0 Å². The van der Waals surface area contributed by atoms with E-state index in [1.807, 2.05) is 12.1 Å². The average Bonchev–Trinajstić information content (AvgIpc) is 3.01. The van der Waals surface area contributed by atoms with Gasteiger partial charge < -0.3 is 9.30 Å². The lowest BCUT2D eigenvalue weighted by Gasteiger charge is -2.09. The molecule has 2 heterocycles. The van der Waals surface area contributed by atoms with Crippen LogP contribution in [0.1, 0.15) is 22.6 Å². The third-order valence-electron chi connectivity index (χ3n) is 5.34. The van der Waals surface area contributed by atoms with Crippen molar-refractivity contribution in [3.8, 4) is 11.4 Å². The number of methoxy groups -OCH3 is 1. The Morgan fingerprint density at radius 2 is 1.68 bits per heavy atom. The maximum absolute atomic E-state index is 5.34. The number of nitrogens with zero attached hydrogens (tertiary/aromatic N) is 2. The zero-order valence-corrected chi connectivity index (χ0v) is 16.8. The number of aromatic nitrogens is 2. The lowest BCUT2D eigenvalue weighted by Crippen LogP contribution is -2.32. The molecule has 0 saturated heterocycles. The normalized spacial score (nSPS) is 11.4. The van der Waals surface area contributed by atoms with E-state index in [4.69, 9.17) is 4.74 Å². The van der Waals surface area contributed by atoms with Gasteiger partial charge in [0, 0.05) is 35.3 Å². The van der Waals surface area contributed by atoms with Crippen molar-refractivity contribution >= 4 is 23.1 Å². The second-order valence-electron chi connectivity index (χ2n) is 7.07. The summed E-state index contributed by atoms with van der Waals surface area (Å²) < 4.78 is 9.84. The molecule has 0 unspecified atom stereocenters. The average molecular weight is 369 g/mol. The lowest BCUT2D eigenvalue weighted by atomic mass is 10.1. The van der Waals surface area contributed by atoms with Gasteiger partial charge in [0.05, 0.1) is 12.5 Å². The van der Waals surface area contributed by atoms with E-state index in [0.717, 1.165) is 11.4 Å². The summed E-state index contributed by atoms with van der Waals surface area (Å²) in [7, 11) is 3.80. The first kappa shape index (κ1) is 18.1. The zero-order chi connectivity index (χ0) is 19.7. The number of benzene rings is 2. The molecule has 140 valence electrons. The van der Waals surface area contributed by atoms with Gasteiger partial charge in [-0.1, -0.05) is 18.2 Å². The molecular weight excluding hydrogens is 344 g/mol. The van der Waals surface area contributed by atoms with Crippen molar-refractivity contribution in [2.45, 2.75) is 13.8 Å². The van der Waals surface area contributed by atoms with Gasteiger partial charge in [-0.15, -0.1) is 0 Å². The van der Waals surface area contributed by atoms with E-state index in [9.17, 15) is 0 Å². The predicted molar refractivity (Wildman–Crippen MR) is 116 cm³/mol. The maximum Gasteiger partial charge on any atom is 0.212 e. The predicted octanol–water partition coefficient (Wildman–Crippen LogP) is 5.25. The van der Waals surface area contributed by atoms with E-state index in [1.165, 1.54) is 33.5 Å². The minimum atomic E-state index is 0.879. The zero-order valence-electron chi connectivity index (χ0n) is 16.8. The van der Waals surface area contributed by atoms with Gasteiger partial charge in [0.1, 0.15) is 12.8 Å². The summed E-state index contributed by atoms with van der Waals surface area (Å²) in [5.41, 5.74) is 7.24. The fourth-order valence-electron chi connectivity index (χ4n) is 3.80. The molecule has 4 rings (SSSR count). The molecule has 28 heavy (non-hydrogen) atoms. The molecule has 0 atom stereocenters. The summed E-state index contributed by atoms with van der Waals surface area (Å²) in [6.45, 7) is 4.33. The minimum Gasteiger partial charge on any atom is -0.497 e. The number of hydrogen-bond acceptors (Lipinski definition) is 1. The van der Waals surface area contributed by atoms with Crippen LogP contribution in [0.4, 0.5) is 0 Å². The Labute approximate surface area is 166 Å². The van der Waals surface area contributed by atoms with Crippen molar-refractivity contribution in [3.63, 3.8) is 0 Å². The van der Waals surface area contributed by atoms with Gasteiger partial charge >= 0.3 is 0 Å². The molecule has 2 aromatic carbocycles. The summed E-state index contributed by atoms with van der Waals surface area (Å²) in [6.07, 6.45) is 4.38. The van der Waals surface area contributed by atoms with Crippen molar-refractivity contribution in [1.82, 2.24) is 4.57 Å². The minimum absolute atomic E-state index is 0.879. The van der Waals surface area contributed by atoms with Crippen LogP contribution in [-0.2, 0) is 7.05 Å². The molecule has 0 aliphatic heterocycles. The van der Waals surface area contributed by atoms with Gasteiger partial charge in [0.25, 0.3) is 0 Å². The Kier molecular flexibility index (Phi) is 4.74. The van der Waals surface area contributed by atoms with Gasteiger partial charge in [-0.2, -0.15) is 4.57 Å². The highest BCUT2D eigenvalue weighted by atomic mass is 16.5. The quantitative estimate of drug-likeness (QED) is 0.449. The molecule has 3 heteroatoms. The molecule has 3 nitrogen and oxygen atoms in total. The molecule has 0 radical (unpaired) electrons. The number of hydrogen-bond donors (Lipinski definition) is 0. The Morgan fingerprint density at radius 1 is 0.893 bits per heavy atom. The molecule has 0 bridgehead atoms. The standard InChI is InChI=1S/C25H25N2O/c1-18-16-20(19(2)27(18)23-8-6-5-7-9-23)10-12-22-13-11-21-17-24(28-4)14-15-25(21)26(22)3/h5-17H,1-4H3/q+1. The summed E-state index contributed by atoms with van der Waals surface area (Å²) in [4.78, 5) is 0. The van der Waals surface area contributed by atoms with Crippen LogP contribution in [0.3, 0.4) is 0 Å². The molecular formula is C25H25N2O+. The maximum atomic E-state index is 5.34. The first-order valence-corrected chi connectivity index (χ1v) is 9.48. The number of rotatable bonds is 4. The Balaban J connectivity index is 1.71. The second-order valence-corrected chi connectivity index (χ2v) is 7.07. The van der Waals surface area contributed by atoms with Gasteiger partial charge in [-0.3, -0.25) is 0 Å². The highest BCUT2D eigenvalue weighted by Gasteiger charge is 2.12. The SMILES string of the molecule is COc1ccc2c(ccc(/C=C/c3cc(C)n(-c4ccccc4)c3C)[n+]2C)c1. The van der Waals surface area contributed by atoms with E-state index >= 15 is 0 Å². The summed E-state index contributed by atoms with van der Waals surface area (Å²) in [6, 6.07) is 23.2. The monoisotopic (exact) mass is 369 g/mol. The number of pyridine rings is 1. The number of fused-ring (bicyclic) bond motifs is 1. The van der Waals surface area contributed by atoms with Crippen molar-refractivity contribution < 1.29 is 9.30 Å². The topological polar surface area (TPSA) is 18.0 Å². The summed E-state index contributed by atoms with van der Waals surface area (Å²) >= 11 is 0. The molecule has 0 N–H and O–H groups in total. The van der Waals surface area contributed by atoms with Crippen LogP contribution in [0, 0.1) is 13.8 Å². The second kappa shape index (κ2) is 7.35. The van der Waals surface area contributed by atoms with Crippen molar-refractivity contribution in [1.29, 1.82) is 0 Å². The Bertz CT molecular complexity index is 1170. The summed E-state index contributed by atoms with van der Waals surface area (Å²) in [5.74, 6) is 0.879. The Hall–Kier alpha value is -3.33. The van der Waals surface area contributed by atoms with Gasteiger partial charge in [-0.25, -0.2) is 0 Å². The third kappa shape index (κ3) is 3.20. The van der Waals surface area contributed by atoms with Crippen molar-refractivity contribution in [2.24, 2.45) is 7.05 Å². The molecule has 0 spiro atoms. The third-order valence-corrected chi connectivity index (χ3v) is 5.34. The fourth-order valence-corrected chi connectivity index (χ4v) is 3.80. The number of ether oxygens (including phenoxy) is 1. The molecule has 0 fully saturated rings. The van der Waals surface area contributed by atoms with E-state index in [0.29, 0.717) is 0 Å². The lowest BCUT2D eigenvalue weighted by molar-refractivity contribution is -0.646. The van der Waals surface area contributed by atoms with Crippen molar-refractivity contribution in [2.75, 3.05) is 7.11 Å². The smallest absolute Gasteiger partial charge is 0.212 e. The highest BCUT2D eigenvalue weighted by molar-refractivity contribution is 5.79. The largest absolute Gasteiger partial charge is 0.497 e. The summed E-state index contributed by atoms with van der Waals surface area (Å²) in [5, 5.41) is 1.17. The highest BCUT2D eigenvalue weighted by Crippen LogP contribution is 2.23. The van der Waals surface area contributed by atoms with Crippen molar-refractivity contribution in [3.05, 3.63) is 89.4 Å². The fraction of sp³-hybridized carbons (Fsp3) is 0.160. The van der Waals surface area contributed by atoms with E-state index in [2.05, 4.69) is 96.8 Å². The number of para-hydroxylation sites is 1. The van der Waals surface area contributed by atoms with E-state index in [-0.39, 0.29) is 0 Å². The van der Waals surface area contributed by atoms with Crippen LogP contribution in [0.2, 0.25) is 0 Å².